The molecule has 1 aliphatic carbocycles. The third kappa shape index (κ3) is 4.57. The van der Waals surface area contributed by atoms with Crippen molar-refractivity contribution in [3.63, 3.8) is 0 Å². The normalized spacial score (nSPS) is 15.6. The standard InChI is InChI=1S/C23H20N2O6.CH4O3S/c1-10-14(23(30)25-11-6-8-24-9-7-11)17-20(28)15-16(21(29)22(17)31-10)19(27)13-5-3-2-4-12(13)18(15)26;1-5(2,3)4/h2-5,11,24,26-27H,6-9H2,1H3,(H,25,30);1H3,(H,2,3,4). The summed E-state index contributed by atoms with van der Waals surface area (Å²) in [7, 11) is -3.67. The van der Waals surface area contributed by atoms with Crippen molar-refractivity contribution in [3.8, 4) is 11.5 Å². The molecule has 2 heterocycles. The predicted octanol–water partition coefficient (Wildman–Crippen LogP) is 1.91. The predicted molar refractivity (Wildman–Crippen MR) is 128 cm³/mol. The SMILES string of the molecule is CS(=O)(=O)O.Cc1oc2c(c1C(=O)NC1CCNCC1)C(=O)c1c(c(O)c3ccccc3c1O)C2=O. The quantitative estimate of drug-likeness (QED) is 0.195. The molecule has 1 saturated heterocycles. The molecule has 0 bridgehead atoms. The summed E-state index contributed by atoms with van der Waals surface area (Å²) in [6.45, 7) is 3.06. The molecule has 5 rings (SSSR count). The summed E-state index contributed by atoms with van der Waals surface area (Å²) in [5.74, 6) is -2.94. The fraction of sp³-hybridized carbons (Fsp3) is 0.292. The number of amides is 1. The third-order valence-electron chi connectivity index (χ3n) is 6.03. The Balaban J connectivity index is 0.000000556. The van der Waals surface area contributed by atoms with Gasteiger partial charge in [-0.05, 0) is 32.9 Å². The Morgan fingerprint density at radius 2 is 1.50 bits per heavy atom. The lowest BCUT2D eigenvalue weighted by molar-refractivity contribution is 0.0918. The van der Waals surface area contributed by atoms with Crippen molar-refractivity contribution in [2.75, 3.05) is 19.3 Å². The number of carbonyl (C=O) groups excluding carboxylic acids is 3. The molecule has 0 saturated carbocycles. The minimum absolute atomic E-state index is 0.00965. The number of carbonyl (C=O) groups is 3. The van der Waals surface area contributed by atoms with Crippen molar-refractivity contribution >= 4 is 38.4 Å². The van der Waals surface area contributed by atoms with Crippen molar-refractivity contribution in [1.29, 1.82) is 0 Å². The summed E-state index contributed by atoms with van der Waals surface area (Å²) in [6, 6.07) is 6.33. The Labute approximate surface area is 205 Å². The molecule has 1 fully saturated rings. The van der Waals surface area contributed by atoms with Crippen LogP contribution >= 0.6 is 0 Å². The van der Waals surface area contributed by atoms with E-state index in [0.29, 0.717) is 6.26 Å². The summed E-state index contributed by atoms with van der Waals surface area (Å²) in [4.78, 5) is 39.6. The number of ketones is 2. The van der Waals surface area contributed by atoms with E-state index in [1.54, 1.807) is 24.3 Å². The number of aryl methyl sites for hydroxylation is 1. The van der Waals surface area contributed by atoms with Crippen LogP contribution in [0.5, 0.6) is 11.5 Å². The smallest absolute Gasteiger partial charge is 0.261 e. The number of fused-ring (bicyclic) bond motifs is 3. The summed E-state index contributed by atoms with van der Waals surface area (Å²) >= 11 is 0. The summed E-state index contributed by atoms with van der Waals surface area (Å²) in [5.41, 5.74) is -0.811. The molecule has 190 valence electrons. The first-order valence-electron chi connectivity index (χ1n) is 11.0. The van der Waals surface area contributed by atoms with Gasteiger partial charge in [0, 0.05) is 16.8 Å². The van der Waals surface area contributed by atoms with Gasteiger partial charge in [-0.1, -0.05) is 24.3 Å². The number of rotatable bonds is 2. The summed E-state index contributed by atoms with van der Waals surface area (Å²) in [6.07, 6.45) is 2.22. The van der Waals surface area contributed by atoms with Crippen LogP contribution in [0.25, 0.3) is 10.8 Å². The molecule has 2 aromatic carbocycles. The van der Waals surface area contributed by atoms with Crippen LogP contribution in [0.1, 0.15) is 61.0 Å². The number of furan rings is 1. The molecule has 11 nitrogen and oxygen atoms in total. The average Bonchev–Trinajstić information content (AvgIpc) is 3.17. The number of nitrogens with one attached hydrogen (secondary N) is 2. The minimum atomic E-state index is -3.67. The summed E-state index contributed by atoms with van der Waals surface area (Å²) < 4.78 is 31.4. The Morgan fingerprint density at radius 1 is 1.00 bits per heavy atom. The van der Waals surface area contributed by atoms with E-state index in [4.69, 9.17) is 8.97 Å². The monoisotopic (exact) mass is 516 g/mol. The number of phenols is 2. The second kappa shape index (κ2) is 9.37. The van der Waals surface area contributed by atoms with Crippen molar-refractivity contribution < 1.29 is 42.0 Å². The van der Waals surface area contributed by atoms with Crippen LogP contribution in [-0.2, 0) is 10.1 Å². The highest BCUT2D eigenvalue weighted by Crippen LogP contribution is 2.45. The van der Waals surface area contributed by atoms with Gasteiger partial charge in [0.15, 0.2) is 5.76 Å². The minimum Gasteiger partial charge on any atom is -0.506 e. The van der Waals surface area contributed by atoms with Gasteiger partial charge in [0.05, 0.1) is 28.5 Å². The second-order valence-corrected chi connectivity index (χ2v) is 10.1. The van der Waals surface area contributed by atoms with Gasteiger partial charge in [0.1, 0.15) is 17.3 Å². The van der Waals surface area contributed by atoms with E-state index >= 15 is 0 Å². The van der Waals surface area contributed by atoms with E-state index in [2.05, 4.69) is 10.6 Å². The van der Waals surface area contributed by atoms with E-state index in [9.17, 15) is 33.0 Å². The third-order valence-corrected chi connectivity index (χ3v) is 6.03. The van der Waals surface area contributed by atoms with Gasteiger partial charge in [-0.25, -0.2) is 0 Å². The van der Waals surface area contributed by atoms with Crippen molar-refractivity contribution in [1.82, 2.24) is 10.6 Å². The molecule has 36 heavy (non-hydrogen) atoms. The van der Waals surface area contributed by atoms with Crippen LogP contribution < -0.4 is 10.6 Å². The second-order valence-electron chi connectivity index (χ2n) is 8.62. The topological polar surface area (TPSA) is 183 Å². The fourth-order valence-electron chi connectivity index (χ4n) is 4.50. The Morgan fingerprint density at radius 3 is 2.03 bits per heavy atom. The Hall–Kier alpha value is -3.74. The molecule has 1 amide bonds. The maximum atomic E-state index is 13.4. The zero-order chi connectivity index (χ0) is 26.4. The molecule has 5 N–H and O–H groups in total. The molecule has 1 aliphatic heterocycles. The zero-order valence-corrected chi connectivity index (χ0v) is 20.2. The van der Waals surface area contributed by atoms with Gasteiger partial charge in [0.2, 0.25) is 11.6 Å². The van der Waals surface area contributed by atoms with E-state index in [0.717, 1.165) is 25.9 Å². The Bertz CT molecular complexity index is 1510. The molecule has 12 heteroatoms. The number of hydrogen-bond acceptors (Lipinski definition) is 9. The number of hydrogen-bond donors (Lipinski definition) is 5. The first kappa shape index (κ1) is 25.4. The molecule has 0 unspecified atom stereocenters. The van der Waals surface area contributed by atoms with Crippen molar-refractivity contribution in [2.45, 2.75) is 25.8 Å². The molecule has 0 radical (unpaired) electrons. The lowest BCUT2D eigenvalue weighted by atomic mass is 9.83. The van der Waals surface area contributed by atoms with Gasteiger partial charge >= 0.3 is 0 Å². The molecule has 2 aliphatic rings. The highest BCUT2D eigenvalue weighted by Gasteiger charge is 2.42. The van der Waals surface area contributed by atoms with Crippen LogP contribution in [0.15, 0.2) is 28.7 Å². The van der Waals surface area contributed by atoms with E-state index in [1.165, 1.54) is 6.92 Å². The molecule has 3 aromatic rings. The molecular weight excluding hydrogens is 492 g/mol. The number of phenolic OH excluding ortho intramolecular Hbond substituents is 2. The lowest BCUT2D eigenvalue weighted by Crippen LogP contribution is -2.43. The van der Waals surface area contributed by atoms with E-state index < -0.39 is 39.1 Å². The van der Waals surface area contributed by atoms with Gasteiger partial charge in [-0.15, -0.1) is 0 Å². The highest BCUT2D eigenvalue weighted by atomic mass is 32.2. The molecule has 0 spiro atoms. The molecular formula is C24H24N2O9S. The van der Waals surface area contributed by atoms with Crippen molar-refractivity contribution in [3.05, 3.63) is 58.0 Å². The first-order chi connectivity index (χ1) is 16.9. The maximum Gasteiger partial charge on any atom is 0.261 e. The van der Waals surface area contributed by atoms with Gasteiger partial charge in [-0.2, -0.15) is 8.42 Å². The number of benzene rings is 2. The largest absolute Gasteiger partial charge is 0.506 e. The van der Waals surface area contributed by atoms with Crippen LogP contribution in [0, 0.1) is 6.92 Å². The average molecular weight is 517 g/mol. The molecule has 1 aromatic heterocycles. The Kier molecular flexibility index (Phi) is 6.60. The number of aromatic hydroxyl groups is 2. The zero-order valence-electron chi connectivity index (χ0n) is 19.4. The van der Waals surface area contributed by atoms with E-state index in [1.807, 2.05) is 0 Å². The molecule has 0 atom stereocenters. The van der Waals surface area contributed by atoms with Crippen LogP contribution in [-0.4, -0.2) is 66.0 Å². The number of piperidine rings is 1. The van der Waals surface area contributed by atoms with Crippen molar-refractivity contribution in [2.24, 2.45) is 0 Å². The van der Waals surface area contributed by atoms with E-state index in [-0.39, 0.29) is 50.6 Å². The van der Waals surface area contributed by atoms with Crippen LogP contribution in [0.4, 0.5) is 0 Å². The lowest BCUT2D eigenvalue weighted by Gasteiger charge is -2.24. The van der Waals surface area contributed by atoms with Gasteiger partial charge in [-0.3, -0.25) is 18.9 Å². The highest BCUT2D eigenvalue weighted by molar-refractivity contribution is 7.85. The van der Waals surface area contributed by atoms with Crippen LogP contribution in [0.2, 0.25) is 0 Å². The maximum absolute atomic E-state index is 13.4. The van der Waals surface area contributed by atoms with Gasteiger partial charge < -0.3 is 25.3 Å². The first-order valence-corrected chi connectivity index (χ1v) is 12.9. The van der Waals surface area contributed by atoms with Gasteiger partial charge in [0.25, 0.3) is 16.0 Å². The van der Waals surface area contributed by atoms with Crippen LogP contribution in [0.3, 0.4) is 0 Å². The summed E-state index contributed by atoms with van der Waals surface area (Å²) in [5, 5.41) is 28.1. The fourth-order valence-corrected chi connectivity index (χ4v) is 4.50.